The van der Waals surface area contributed by atoms with E-state index in [2.05, 4.69) is 10.3 Å². The molecular weight excluding hydrogens is 216 g/mol. The first-order chi connectivity index (χ1) is 7.00. The van der Waals surface area contributed by atoms with Gasteiger partial charge in [0.25, 0.3) is 5.91 Å². The number of nitrogens with one attached hydrogen (secondary N) is 1. The Morgan fingerprint density at radius 1 is 1.60 bits per heavy atom. The lowest BCUT2D eigenvalue weighted by molar-refractivity contribution is -0.135. The number of carbonyl (C=O) groups excluding carboxylic acids is 1. The smallest absolute Gasteiger partial charge is 0.322 e. The Hall–Kier alpha value is -1.43. The van der Waals surface area contributed by atoms with Gasteiger partial charge in [-0.1, -0.05) is 13.8 Å². The fourth-order valence-corrected chi connectivity index (χ4v) is 1.74. The van der Waals surface area contributed by atoms with Crippen molar-refractivity contribution in [1.29, 1.82) is 0 Å². The van der Waals surface area contributed by atoms with Crippen LogP contribution >= 0.6 is 11.3 Å². The van der Waals surface area contributed by atoms with Gasteiger partial charge in [0.15, 0.2) is 0 Å². The Bertz CT molecular complexity index is 373. The van der Waals surface area contributed by atoms with Crippen LogP contribution in [0.15, 0.2) is 6.20 Å². The first-order valence-corrected chi connectivity index (χ1v) is 5.28. The summed E-state index contributed by atoms with van der Waals surface area (Å²) in [6, 6.07) is 0. The van der Waals surface area contributed by atoms with Gasteiger partial charge in [-0.05, 0) is 0 Å². The predicted octanol–water partition coefficient (Wildman–Crippen LogP) is 1.08. The molecule has 2 N–H and O–H groups in total. The van der Waals surface area contributed by atoms with E-state index in [-0.39, 0.29) is 18.4 Å². The molecule has 0 saturated heterocycles. The lowest BCUT2D eigenvalue weighted by Gasteiger charge is -1.98. The largest absolute Gasteiger partial charge is 0.480 e. The van der Waals surface area contributed by atoms with Crippen LogP contribution in [0.2, 0.25) is 0 Å². The highest BCUT2D eigenvalue weighted by Crippen LogP contribution is 2.20. The Labute approximate surface area is 91.1 Å². The van der Waals surface area contributed by atoms with Crippen LogP contribution in [0.1, 0.15) is 34.4 Å². The molecule has 0 bridgehead atoms. The number of nitrogens with zero attached hydrogens (tertiary/aromatic N) is 1. The minimum atomic E-state index is -1.06. The third-order valence-corrected chi connectivity index (χ3v) is 2.94. The summed E-state index contributed by atoms with van der Waals surface area (Å²) in [7, 11) is 0. The van der Waals surface area contributed by atoms with Crippen LogP contribution in [0.25, 0.3) is 0 Å². The van der Waals surface area contributed by atoms with Crippen LogP contribution < -0.4 is 5.32 Å². The van der Waals surface area contributed by atoms with Crippen molar-refractivity contribution in [3.05, 3.63) is 16.1 Å². The van der Waals surface area contributed by atoms with E-state index >= 15 is 0 Å². The van der Waals surface area contributed by atoms with Crippen LogP contribution in [0.4, 0.5) is 0 Å². The molecule has 0 atom stereocenters. The second-order valence-electron chi connectivity index (χ2n) is 3.29. The van der Waals surface area contributed by atoms with Crippen molar-refractivity contribution >= 4 is 23.2 Å². The molecule has 0 aromatic carbocycles. The fourth-order valence-electron chi connectivity index (χ4n) is 0.903. The molecule has 5 nitrogen and oxygen atoms in total. The Kier molecular flexibility index (Phi) is 3.79. The zero-order chi connectivity index (χ0) is 11.4. The van der Waals surface area contributed by atoms with E-state index in [1.54, 1.807) is 0 Å². The van der Waals surface area contributed by atoms with Crippen molar-refractivity contribution in [2.24, 2.45) is 0 Å². The molecule has 1 heterocycles. The van der Waals surface area contributed by atoms with Crippen LogP contribution in [-0.2, 0) is 4.79 Å². The number of amides is 1. The maximum Gasteiger partial charge on any atom is 0.322 e. The van der Waals surface area contributed by atoms with E-state index in [1.807, 2.05) is 13.8 Å². The lowest BCUT2D eigenvalue weighted by Crippen LogP contribution is -2.28. The van der Waals surface area contributed by atoms with Gasteiger partial charge in [0, 0.05) is 5.92 Å². The highest BCUT2D eigenvalue weighted by molar-refractivity contribution is 7.13. The predicted molar refractivity (Wildman–Crippen MR) is 56.2 cm³/mol. The van der Waals surface area contributed by atoms with E-state index in [1.165, 1.54) is 17.5 Å². The zero-order valence-corrected chi connectivity index (χ0v) is 9.30. The molecule has 6 heteroatoms. The summed E-state index contributed by atoms with van der Waals surface area (Å²) in [4.78, 5) is 26.1. The molecule has 0 radical (unpaired) electrons. The number of rotatable bonds is 4. The number of thiazole rings is 1. The summed E-state index contributed by atoms with van der Waals surface area (Å²) in [6.45, 7) is 3.60. The number of carboxylic acids is 1. The van der Waals surface area contributed by atoms with Crippen molar-refractivity contribution < 1.29 is 14.7 Å². The van der Waals surface area contributed by atoms with Crippen LogP contribution in [0.3, 0.4) is 0 Å². The summed E-state index contributed by atoms with van der Waals surface area (Å²) in [5, 5.41) is 11.5. The monoisotopic (exact) mass is 228 g/mol. The van der Waals surface area contributed by atoms with Crippen LogP contribution in [-0.4, -0.2) is 28.5 Å². The number of carboxylic acid groups (broad SMARTS) is 1. The summed E-state index contributed by atoms with van der Waals surface area (Å²) < 4.78 is 0. The molecule has 1 aromatic rings. The van der Waals surface area contributed by atoms with Gasteiger partial charge in [-0.2, -0.15) is 0 Å². The summed E-state index contributed by atoms with van der Waals surface area (Å²) >= 11 is 1.28. The van der Waals surface area contributed by atoms with Gasteiger partial charge in [-0.3, -0.25) is 9.59 Å². The van der Waals surface area contributed by atoms with E-state index < -0.39 is 5.97 Å². The second kappa shape index (κ2) is 4.88. The minimum Gasteiger partial charge on any atom is -0.480 e. The second-order valence-corrected chi connectivity index (χ2v) is 4.36. The summed E-state index contributed by atoms with van der Waals surface area (Å²) in [6.07, 6.45) is 1.47. The Morgan fingerprint density at radius 3 is 2.73 bits per heavy atom. The first-order valence-electron chi connectivity index (χ1n) is 4.46. The number of carbonyl (C=O) groups is 2. The molecular formula is C9H12N2O3S. The molecule has 0 aliphatic heterocycles. The maximum absolute atomic E-state index is 11.4. The fraction of sp³-hybridized carbons (Fsp3) is 0.444. The van der Waals surface area contributed by atoms with Gasteiger partial charge < -0.3 is 10.4 Å². The average molecular weight is 228 g/mol. The van der Waals surface area contributed by atoms with Gasteiger partial charge in [-0.25, -0.2) is 4.98 Å². The molecule has 1 rings (SSSR count). The van der Waals surface area contributed by atoms with Crippen molar-refractivity contribution in [3.8, 4) is 0 Å². The van der Waals surface area contributed by atoms with E-state index in [0.717, 1.165) is 5.01 Å². The molecule has 0 fully saturated rings. The number of hydrogen-bond acceptors (Lipinski definition) is 4. The molecule has 0 aliphatic rings. The van der Waals surface area contributed by atoms with E-state index in [0.29, 0.717) is 4.88 Å². The Morgan fingerprint density at radius 2 is 2.27 bits per heavy atom. The van der Waals surface area contributed by atoms with Crippen LogP contribution in [0, 0.1) is 0 Å². The third-order valence-electron chi connectivity index (χ3n) is 1.64. The third kappa shape index (κ3) is 3.32. The standard InChI is InChI=1S/C9H12N2O3S/c1-5(2)9-11-3-6(15-9)8(14)10-4-7(12)13/h3,5H,4H2,1-2H3,(H,10,14)(H,12,13). The van der Waals surface area contributed by atoms with Crippen molar-refractivity contribution in [2.45, 2.75) is 19.8 Å². The summed E-state index contributed by atoms with van der Waals surface area (Å²) in [5.74, 6) is -1.17. The molecule has 1 amide bonds. The average Bonchev–Trinajstić information content (AvgIpc) is 2.62. The molecule has 0 aliphatic carbocycles. The van der Waals surface area contributed by atoms with Crippen LogP contribution in [0.5, 0.6) is 0 Å². The maximum atomic E-state index is 11.4. The topological polar surface area (TPSA) is 79.3 Å². The molecule has 0 spiro atoms. The lowest BCUT2D eigenvalue weighted by atomic mass is 10.2. The van der Waals surface area contributed by atoms with Crippen molar-refractivity contribution in [3.63, 3.8) is 0 Å². The number of hydrogen-bond donors (Lipinski definition) is 2. The quantitative estimate of drug-likeness (QED) is 0.808. The summed E-state index contributed by atoms with van der Waals surface area (Å²) in [5.41, 5.74) is 0. The highest BCUT2D eigenvalue weighted by atomic mass is 32.1. The van der Waals surface area contributed by atoms with Gasteiger partial charge in [0.05, 0.1) is 11.2 Å². The normalized spacial score (nSPS) is 10.3. The van der Waals surface area contributed by atoms with Gasteiger partial charge >= 0.3 is 5.97 Å². The zero-order valence-electron chi connectivity index (χ0n) is 8.48. The van der Waals surface area contributed by atoms with Crippen molar-refractivity contribution in [2.75, 3.05) is 6.54 Å². The minimum absolute atomic E-state index is 0.274. The van der Waals surface area contributed by atoms with E-state index in [9.17, 15) is 9.59 Å². The van der Waals surface area contributed by atoms with Gasteiger partial charge in [0.1, 0.15) is 11.4 Å². The number of aliphatic carboxylic acids is 1. The Balaban J connectivity index is 2.62. The molecule has 0 saturated carbocycles. The number of aromatic nitrogens is 1. The molecule has 0 unspecified atom stereocenters. The highest BCUT2D eigenvalue weighted by Gasteiger charge is 2.12. The molecule has 1 aromatic heterocycles. The van der Waals surface area contributed by atoms with Crippen molar-refractivity contribution in [1.82, 2.24) is 10.3 Å². The SMILES string of the molecule is CC(C)c1ncc(C(=O)NCC(=O)O)s1. The molecule has 15 heavy (non-hydrogen) atoms. The van der Waals surface area contributed by atoms with E-state index in [4.69, 9.17) is 5.11 Å². The molecule has 82 valence electrons. The van der Waals surface area contributed by atoms with Gasteiger partial charge in [0.2, 0.25) is 0 Å². The first kappa shape index (κ1) is 11.6. The van der Waals surface area contributed by atoms with Gasteiger partial charge in [-0.15, -0.1) is 11.3 Å².